The second-order valence-electron chi connectivity index (χ2n) is 8.06. The first kappa shape index (κ1) is 26.7. The summed E-state index contributed by atoms with van der Waals surface area (Å²) in [5.74, 6) is 0.209. The Balaban J connectivity index is 0.00000171. The number of fused-ring (bicyclic) bond motifs is 1. The van der Waals surface area contributed by atoms with Gasteiger partial charge in [-0.05, 0) is 35.4 Å². The Morgan fingerprint density at radius 1 is 0.800 bits per heavy atom. The molecule has 3 heterocycles. The predicted octanol–water partition coefficient (Wildman–Crippen LogP) is 3.85. The summed E-state index contributed by atoms with van der Waals surface area (Å²) in [7, 11) is 0. The van der Waals surface area contributed by atoms with Crippen LogP contribution in [0.25, 0.3) is 11.2 Å². The van der Waals surface area contributed by atoms with Gasteiger partial charge in [0.2, 0.25) is 0 Å². The van der Waals surface area contributed by atoms with E-state index in [1.165, 1.54) is 30.6 Å². The van der Waals surface area contributed by atoms with Crippen molar-refractivity contribution >= 4 is 41.8 Å². The summed E-state index contributed by atoms with van der Waals surface area (Å²) in [5, 5.41) is 9.27. The highest BCUT2D eigenvalue weighted by Crippen LogP contribution is 2.31. The highest BCUT2D eigenvalue weighted by Gasteiger charge is 2.28. The van der Waals surface area contributed by atoms with Crippen LogP contribution in [-0.2, 0) is 6.54 Å². The molecule has 186 valence electrons. The maximum Gasteiger partial charge on any atom is 0.165 e. The number of imidazole rings is 1. The third-order valence-corrected chi connectivity index (χ3v) is 6.07. The Labute approximate surface area is 214 Å². The summed E-state index contributed by atoms with van der Waals surface area (Å²) in [4.78, 5) is 17.8. The van der Waals surface area contributed by atoms with Crippen LogP contribution in [0.5, 0.6) is 0 Å². The Morgan fingerprint density at radius 3 is 1.91 bits per heavy atom. The number of nitrogens with zero attached hydrogens (tertiary/aromatic N) is 6. The van der Waals surface area contributed by atoms with Gasteiger partial charge in [0, 0.05) is 32.7 Å². The van der Waals surface area contributed by atoms with Crippen LogP contribution in [0, 0.1) is 11.6 Å². The molecule has 0 saturated carbocycles. The van der Waals surface area contributed by atoms with Gasteiger partial charge < -0.3 is 14.6 Å². The van der Waals surface area contributed by atoms with Gasteiger partial charge in [0.1, 0.15) is 18.0 Å². The molecule has 1 aliphatic heterocycles. The van der Waals surface area contributed by atoms with E-state index < -0.39 is 0 Å². The van der Waals surface area contributed by atoms with Crippen molar-refractivity contribution in [1.29, 1.82) is 0 Å². The summed E-state index contributed by atoms with van der Waals surface area (Å²) in [6.07, 6.45) is 3.20. The van der Waals surface area contributed by atoms with Crippen LogP contribution in [0.2, 0.25) is 0 Å². The standard InChI is InChI=1S/C24H24F2N6O.2ClH/c25-19-5-1-17(2-6-19)22(18-3-7-20(26)8-4-18)30-9-11-31(12-10-30)23-21-24(28-15-27-23)32(13-14-33)16-29-21;;/h1-8,15-16,22,33H,9-14H2;2*1H. The van der Waals surface area contributed by atoms with Gasteiger partial charge in [-0.3, -0.25) is 4.90 Å². The van der Waals surface area contributed by atoms with E-state index in [1.54, 1.807) is 30.6 Å². The lowest BCUT2D eigenvalue weighted by molar-refractivity contribution is 0.212. The van der Waals surface area contributed by atoms with Gasteiger partial charge >= 0.3 is 0 Å². The van der Waals surface area contributed by atoms with E-state index in [9.17, 15) is 13.9 Å². The molecule has 0 spiro atoms. The topological polar surface area (TPSA) is 70.3 Å². The molecule has 2 aromatic carbocycles. The van der Waals surface area contributed by atoms with Gasteiger partial charge in [-0.25, -0.2) is 23.7 Å². The van der Waals surface area contributed by atoms with Crippen LogP contribution < -0.4 is 4.90 Å². The van der Waals surface area contributed by atoms with Gasteiger partial charge in [0.15, 0.2) is 17.0 Å². The van der Waals surface area contributed by atoms with Gasteiger partial charge in [-0.15, -0.1) is 24.8 Å². The molecule has 5 rings (SSSR count). The Hall–Kier alpha value is -2.85. The van der Waals surface area contributed by atoms with Crippen LogP contribution in [0.1, 0.15) is 17.2 Å². The fourth-order valence-corrected chi connectivity index (χ4v) is 4.47. The minimum atomic E-state index is -0.283. The van der Waals surface area contributed by atoms with Crippen LogP contribution >= 0.6 is 24.8 Å². The van der Waals surface area contributed by atoms with Gasteiger partial charge in [0.25, 0.3) is 0 Å². The predicted molar refractivity (Wildman–Crippen MR) is 135 cm³/mol. The van der Waals surface area contributed by atoms with Crippen LogP contribution in [0.3, 0.4) is 0 Å². The molecule has 0 aliphatic carbocycles. The Kier molecular flexibility index (Phi) is 8.96. The lowest BCUT2D eigenvalue weighted by Crippen LogP contribution is -2.48. The fourth-order valence-electron chi connectivity index (χ4n) is 4.47. The van der Waals surface area contributed by atoms with E-state index in [1.807, 2.05) is 4.57 Å². The monoisotopic (exact) mass is 522 g/mol. The number of benzene rings is 2. The Bertz CT molecular complexity index is 1190. The number of aliphatic hydroxyl groups excluding tert-OH is 1. The highest BCUT2D eigenvalue weighted by atomic mass is 35.5. The summed E-state index contributed by atoms with van der Waals surface area (Å²) in [6, 6.07) is 12.9. The van der Waals surface area contributed by atoms with E-state index in [2.05, 4.69) is 24.8 Å². The van der Waals surface area contributed by atoms with E-state index in [4.69, 9.17) is 0 Å². The third-order valence-electron chi connectivity index (χ3n) is 6.07. The zero-order valence-corrected chi connectivity index (χ0v) is 20.4. The van der Waals surface area contributed by atoms with Gasteiger partial charge in [-0.1, -0.05) is 24.3 Å². The largest absolute Gasteiger partial charge is 0.395 e. The van der Waals surface area contributed by atoms with Crippen molar-refractivity contribution < 1.29 is 13.9 Å². The molecule has 0 atom stereocenters. The number of hydrogen-bond acceptors (Lipinski definition) is 6. The van der Waals surface area contributed by atoms with E-state index in [-0.39, 0.29) is 49.1 Å². The maximum atomic E-state index is 13.6. The zero-order valence-electron chi connectivity index (χ0n) is 18.8. The number of halogens is 4. The molecule has 7 nitrogen and oxygen atoms in total. The molecular formula is C24H26Cl2F2N6O. The second kappa shape index (κ2) is 11.7. The van der Waals surface area contributed by atoms with Crippen molar-refractivity contribution in [3.05, 3.63) is 83.9 Å². The smallest absolute Gasteiger partial charge is 0.165 e. The number of rotatable bonds is 6. The van der Waals surface area contributed by atoms with Crippen LogP contribution in [0.4, 0.5) is 14.6 Å². The van der Waals surface area contributed by atoms with E-state index in [0.717, 1.165) is 43.1 Å². The molecule has 0 amide bonds. The molecule has 35 heavy (non-hydrogen) atoms. The molecule has 0 bridgehead atoms. The molecular weight excluding hydrogens is 497 g/mol. The van der Waals surface area contributed by atoms with Crippen molar-refractivity contribution in [2.24, 2.45) is 0 Å². The number of piperazine rings is 1. The zero-order chi connectivity index (χ0) is 22.8. The minimum absolute atomic E-state index is 0. The fraction of sp³-hybridized carbons (Fsp3) is 0.292. The molecule has 0 radical (unpaired) electrons. The minimum Gasteiger partial charge on any atom is -0.395 e. The van der Waals surface area contributed by atoms with Crippen molar-refractivity contribution in [1.82, 2.24) is 24.4 Å². The van der Waals surface area contributed by atoms with Crippen molar-refractivity contribution in [3.8, 4) is 0 Å². The average molecular weight is 523 g/mol. The number of aromatic nitrogens is 4. The Morgan fingerprint density at radius 2 is 1.37 bits per heavy atom. The van der Waals surface area contributed by atoms with Crippen LogP contribution in [-0.4, -0.2) is 62.3 Å². The highest BCUT2D eigenvalue weighted by molar-refractivity contribution is 5.85. The number of anilines is 1. The van der Waals surface area contributed by atoms with E-state index >= 15 is 0 Å². The summed E-state index contributed by atoms with van der Waals surface area (Å²) in [5.41, 5.74) is 3.34. The summed E-state index contributed by atoms with van der Waals surface area (Å²) >= 11 is 0. The molecule has 1 saturated heterocycles. The first-order chi connectivity index (χ1) is 16.1. The SMILES string of the molecule is Cl.Cl.OCCn1cnc2c(N3CCN(C(c4ccc(F)cc4)c4ccc(F)cc4)CC3)ncnc21. The van der Waals surface area contributed by atoms with E-state index in [0.29, 0.717) is 17.7 Å². The third kappa shape index (κ3) is 5.54. The quantitative estimate of drug-likeness (QED) is 0.414. The molecule has 11 heteroatoms. The summed E-state index contributed by atoms with van der Waals surface area (Å²) < 4.78 is 28.9. The first-order valence-electron chi connectivity index (χ1n) is 10.9. The van der Waals surface area contributed by atoms with Crippen molar-refractivity contribution in [2.45, 2.75) is 12.6 Å². The molecule has 1 N–H and O–H groups in total. The van der Waals surface area contributed by atoms with Crippen molar-refractivity contribution in [3.63, 3.8) is 0 Å². The number of aliphatic hydroxyl groups is 1. The molecule has 4 aromatic rings. The maximum absolute atomic E-state index is 13.6. The normalized spacial score (nSPS) is 14.1. The van der Waals surface area contributed by atoms with Gasteiger partial charge in [0.05, 0.1) is 19.0 Å². The molecule has 2 aromatic heterocycles. The first-order valence-corrected chi connectivity index (χ1v) is 10.9. The molecule has 1 fully saturated rings. The molecule has 1 aliphatic rings. The second-order valence-corrected chi connectivity index (χ2v) is 8.06. The molecule has 0 unspecified atom stereocenters. The lowest BCUT2D eigenvalue weighted by atomic mass is 9.96. The average Bonchev–Trinajstić information content (AvgIpc) is 3.25. The lowest BCUT2D eigenvalue weighted by Gasteiger charge is -2.40. The number of hydrogen-bond donors (Lipinski definition) is 1. The van der Waals surface area contributed by atoms with Gasteiger partial charge in [-0.2, -0.15) is 0 Å². The van der Waals surface area contributed by atoms with Crippen molar-refractivity contribution in [2.75, 3.05) is 37.7 Å². The van der Waals surface area contributed by atoms with Crippen LogP contribution in [0.15, 0.2) is 61.2 Å². The summed E-state index contributed by atoms with van der Waals surface area (Å²) in [6.45, 7) is 3.36.